The monoisotopic (exact) mass is 391 g/mol. The van der Waals surface area contributed by atoms with Gasteiger partial charge in [-0.1, -0.05) is 18.2 Å². The molecule has 28 heavy (non-hydrogen) atoms. The Morgan fingerprint density at radius 1 is 1.14 bits per heavy atom. The number of carbonyl (C=O) groups excluding carboxylic acids is 1. The maximum atomic E-state index is 13.2. The molecule has 6 nitrogen and oxygen atoms in total. The molecular formula is C19H20F3N5O. The topological polar surface area (TPSA) is 51.2 Å². The molecule has 1 N–H and O–H groups in total. The molecule has 3 aliphatic rings. The Morgan fingerprint density at radius 2 is 1.86 bits per heavy atom. The molecule has 3 aliphatic heterocycles. The van der Waals surface area contributed by atoms with Gasteiger partial charge in [-0.05, 0) is 25.3 Å². The molecule has 1 aromatic rings. The summed E-state index contributed by atoms with van der Waals surface area (Å²) in [5.74, 6) is -1.20. The fraction of sp³-hybridized carbons (Fsp3) is 0.368. The molecular weight excluding hydrogens is 371 g/mol. The Kier molecular flexibility index (Phi) is 4.62. The standard InChI is InChI=1S/C19H20F3N5O/c1-25-9-11-26(12-10-25)16-13-5-4-8-27(18(28)19(20,21)22)17(13)24-15-7-3-2-6-14(15)23-16/h2-7,24H,8-12H2,1H3. The van der Waals surface area contributed by atoms with Gasteiger partial charge in [0.25, 0.3) is 0 Å². The summed E-state index contributed by atoms with van der Waals surface area (Å²) in [7, 11) is 2.03. The Bertz CT molecular complexity index is 882. The normalized spacial score (nSPS) is 20.2. The van der Waals surface area contributed by atoms with Crippen LogP contribution in [0.5, 0.6) is 0 Å². The van der Waals surface area contributed by atoms with Gasteiger partial charge in [-0.3, -0.25) is 9.69 Å². The number of likely N-dealkylation sites (N-methyl/N-ethyl adjacent to an activating group) is 1. The molecule has 0 atom stereocenters. The molecule has 0 aliphatic carbocycles. The van der Waals surface area contributed by atoms with Crippen molar-refractivity contribution in [2.45, 2.75) is 6.18 Å². The lowest BCUT2D eigenvalue weighted by atomic mass is 10.1. The number of amides is 1. The molecule has 0 aromatic heterocycles. The van der Waals surface area contributed by atoms with E-state index in [1.54, 1.807) is 30.4 Å². The zero-order valence-corrected chi connectivity index (χ0v) is 15.3. The van der Waals surface area contributed by atoms with Gasteiger partial charge in [-0.15, -0.1) is 0 Å². The molecule has 0 bridgehead atoms. The summed E-state index contributed by atoms with van der Waals surface area (Å²) in [4.78, 5) is 21.8. The summed E-state index contributed by atoms with van der Waals surface area (Å²) < 4.78 is 39.5. The van der Waals surface area contributed by atoms with Crippen molar-refractivity contribution >= 4 is 23.1 Å². The molecule has 1 amide bonds. The highest BCUT2D eigenvalue weighted by Gasteiger charge is 2.45. The van der Waals surface area contributed by atoms with Crippen molar-refractivity contribution in [2.24, 2.45) is 4.99 Å². The van der Waals surface area contributed by atoms with Gasteiger partial charge in [0.2, 0.25) is 0 Å². The van der Waals surface area contributed by atoms with Gasteiger partial charge in [0, 0.05) is 32.7 Å². The molecule has 3 heterocycles. The predicted molar refractivity (Wildman–Crippen MR) is 100 cm³/mol. The highest BCUT2D eigenvalue weighted by molar-refractivity contribution is 6.06. The van der Waals surface area contributed by atoms with Gasteiger partial charge in [-0.2, -0.15) is 13.2 Å². The van der Waals surface area contributed by atoms with Gasteiger partial charge >= 0.3 is 12.1 Å². The minimum Gasteiger partial charge on any atom is -0.353 e. The minimum absolute atomic E-state index is 0.118. The molecule has 0 unspecified atom stereocenters. The lowest BCUT2D eigenvalue weighted by molar-refractivity contribution is -0.182. The quantitative estimate of drug-likeness (QED) is 0.739. The van der Waals surface area contributed by atoms with E-state index in [0.717, 1.165) is 18.0 Å². The number of para-hydroxylation sites is 2. The Balaban J connectivity index is 1.82. The van der Waals surface area contributed by atoms with E-state index in [2.05, 4.69) is 15.1 Å². The third kappa shape index (κ3) is 3.37. The van der Waals surface area contributed by atoms with Crippen molar-refractivity contribution < 1.29 is 18.0 Å². The number of aliphatic imine (C=N–C) groups is 1. The number of benzene rings is 1. The van der Waals surface area contributed by atoms with Crippen LogP contribution in [0.3, 0.4) is 0 Å². The molecule has 9 heteroatoms. The zero-order valence-electron chi connectivity index (χ0n) is 15.3. The summed E-state index contributed by atoms with van der Waals surface area (Å²) >= 11 is 0. The largest absolute Gasteiger partial charge is 0.471 e. The molecule has 0 saturated carbocycles. The van der Waals surface area contributed by atoms with Crippen molar-refractivity contribution in [3.05, 3.63) is 47.8 Å². The van der Waals surface area contributed by atoms with E-state index in [0.29, 0.717) is 35.9 Å². The van der Waals surface area contributed by atoms with E-state index in [1.807, 2.05) is 13.1 Å². The summed E-state index contributed by atoms with van der Waals surface area (Å²) in [6.07, 6.45) is -1.65. The number of hydrogen-bond acceptors (Lipinski definition) is 5. The first-order chi connectivity index (χ1) is 13.3. The number of fused-ring (bicyclic) bond motifs is 1. The van der Waals surface area contributed by atoms with Gasteiger partial charge in [0.05, 0.1) is 16.9 Å². The second-order valence-electron chi connectivity index (χ2n) is 6.95. The second-order valence-corrected chi connectivity index (χ2v) is 6.95. The maximum absolute atomic E-state index is 13.2. The number of rotatable bonds is 0. The van der Waals surface area contributed by atoms with Crippen molar-refractivity contribution in [1.29, 1.82) is 0 Å². The number of halogens is 3. The Morgan fingerprint density at radius 3 is 2.57 bits per heavy atom. The number of nitrogens with zero attached hydrogens (tertiary/aromatic N) is 4. The first-order valence-electron chi connectivity index (χ1n) is 9.03. The van der Waals surface area contributed by atoms with Crippen LogP contribution in [-0.2, 0) is 4.79 Å². The molecule has 0 radical (unpaired) electrons. The van der Waals surface area contributed by atoms with Crippen LogP contribution < -0.4 is 5.32 Å². The lowest BCUT2D eigenvalue weighted by Crippen LogP contribution is -2.49. The Hall–Kier alpha value is -2.81. The molecule has 148 valence electrons. The number of alkyl halides is 3. The Labute approximate surface area is 160 Å². The van der Waals surface area contributed by atoms with Crippen molar-refractivity contribution in [3.8, 4) is 0 Å². The van der Waals surface area contributed by atoms with Crippen LogP contribution >= 0.6 is 0 Å². The van der Waals surface area contributed by atoms with Crippen LogP contribution in [0.25, 0.3) is 0 Å². The molecule has 1 fully saturated rings. The first-order valence-corrected chi connectivity index (χ1v) is 9.03. The molecule has 1 saturated heterocycles. The van der Waals surface area contributed by atoms with Gasteiger partial charge in [-0.25, -0.2) is 4.99 Å². The smallest absolute Gasteiger partial charge is 0.353 e. The number of anilines is 1. The highest BCUT2D eigenvalue weighted by atomic mass is 19.4. The van der Waals surface area contributed by atoms with Crippen LogP contribution in [0.4, 0.5) is 24.5 Å². The molecule has 0 spiro atoms. The lowest BCUT2D eigenvalue weighted by Gasteiger charge is -2.36. The fourth-order valence-corrected chi connectivity index (χ4v) is 3.48. The van der Waals surface area contributed by atoms with Crippen molar-refractivity contribution in [1.82, 2.24) is 14.7 Å². The van der Waals surface area contributed by atoms with E-state index in [1.165, 1.54) is 0 Å². The number of amidine groups is 1. The van der Waals surface area contributed by atoms with Crippen LogP contribution in [0.1, 0.15) is 0 Å². The SMILES string of the molecule is CN1CCN(C2=Nc3ccccc3NC3=C2C=CCN3C(=O)C(F)(F)F)CC1. The third-order valence-electron chi connectivity index (χ3n) is 5.01. The highest BCUT2D eigenvalue weighted by Crippen LogP contribution is 2.35. The minimum atomic E-state index is -4.96. The number of nitrogens with one attached hydrogen (secondary N) is 1. The summed E-state index contributed by atoms with van der Waals surface area (Å²) in [5, 5.41) is 3.02. The fourth-order valence-electron chi connectivity index (χ4n) is 3.48. The van der Waals surface area contributed by atoms with Crippen LogP contribution in [-0.4, -0.2) is 72.4 Å². The van der Waals surface area contributed by atoms with Crippen LogP contribution in [0, 0.1) is 0 Å². The second kappa shape index (κ2) is 6.97. The van der Waals surface area contributed by atoms with Crippen molar-refractivity contribution in [2.75, 3.05) is 45.1 Å². The maximum Gasteiger partial charge on any atom is 0.471 e. The van der Waals surface area contributed by atoms with Gasteiger partial charge in [0.1, 0.15) is 11.7 Å². The molecule has 1 aromatic carbocycles. The summed E-state index contributed by atoms with van der Waals surface area (Å²) in [5.41, 5.74) is 1.68. The third-order valence-corrected chi connectivity index (χ3v) is 5.01. The summed E-state index contributed by atoms with van der Waals surface area (Å²) in [6, 6.07) is 7.14. The molecule has 4 rings (SSSR count). The van der Waals surface area contributed by atoms with E-state index in [9.17, 15) is 18.0 Å². The average molecular weight is 391 g/mol. The van der Waals surface area contributed by atoms with Crippen LogP contribution in [0.2, 0.25) is 0 Å². The number of hydrogen-bond donors (Lipinski definition) is 1. The first kappa shape index (κ1) is 18.5. The predicted octanol–water partition coefficient (Wildman–Crippen LogP) is 2.56. The van der Waals surface area contributed by atoms with E-state index in [-0.39, 0.29) is 12.4 Å². The van der Waals surface area contributed by atoms with Crippen LogP contribution in [0.15, 0.2) is 52.8 Å². The van der Waals surface area contributed by atoms with E-state index < -0.39 is 12.1 Å². The van der Waals surface area contributed by atoms with Gasteiger partial charge in [0.15, 0.2) is 0 Å². The van der Waals surface area contributed by atoms with E-state index in [4.69, 9.17) is 4.99 Å². The van der Waals surface area contributed by atoms with Crippen molar-refractivity contribution in [3.63, 3.8) is 0 Å². The number of carbonyl (C=O) groups is 1. The average Bonchev–Trinajstić information content (AvgIpc) is 2.84. The van der Waals surface area contributed by atoms with Gasteiger partial charge < -0.3 is 15.1 Å². The summed E-state index contributed by atoms with van der Waals surface area (Å²) in [6.45, 7) is 2.91. The number of piperazine rings is 1. The van der Waals surface area contributed by atoms with E-state index >= 15 is 0 Å². The zero-order chi connectivity index (χ0) is 19.9.